The summed E-state index contributed by atoms with van der Waals surface area (Å²) in [5.41, 5.74) is -0.480. The molecule has 0 unspecified atom stereocenters. The quantitative estimate of drug-likeness (QED) is 0.470. The third-order valence-corrected chi connectivity index (χ3v) is 3.30. The second-order valence-electron chi connectivity index (χ2n) is 5.06. The van der Waals surface area contributed by atoms with Crippen molar-refractivity contribution in [2.24, 2.45) is 0 Å². The van der Waals surface area contributed by atoms with E-state index in [9.17, 15) is 19.2 Å². The number of benzene rings is 2. The zero-order valence-corrected chi connectivity index (χ0v) is 17.7. The van der Waals surface area contributed by atoms with Gasteiger partial charge in [-0.3, -0.25) is 0 Å². The van der Waals surface area contributed by atoms with Crippen molar-refractivity contribution in [2.45, 2.75) is 0 Å². The van der Waals surface area contributed by atoms with Gasteiger partial charge < -0.3 is 29.9 Å². The zero-order valence-electron chi connectivity index (χ0n) is 15.2. The molecule has 2 aromatic carbocycles. The van der Waals surface area contributed by atoms with E-state index in [2.05, 4.69) is 9.47 Å². The number of methoxy groups -OCH3 is 2. The molecular weight excluding hydrogens is 467 g/mol. The molecule has 0 amide bonds. The molecule has 11 heteroatoms. The van der Waals surface area contributed by atoms with Crippen LogP contribution in [0.3, 0.4) is 0 Å². The molecule has 0 aliphatic heterocycles. The Morgan fingerprint density at radius 1 is 0.690 bits per heavy atom. The summed E-state index contributed by atoms with van der Waals surface area (Å²) in [5.74, 6) is -4.66. The van der Waals surface area contributed by atoms with E-state index >= 15 is 0 Å². The Morgan fingerprint density at radius 3 is 1.24 bits per heavy atom. The summed E-state index contributed by atoms with van der Waals surface area (Å²) in [6.07, 6.45) is 0. The maximum Gasteiger partial charge on any atom is 0.339 e. The van der Waals surface area contributed by atoms with Gasteiger partial charge in [0.2, 0.25) is 0 Å². The van der Waals surface area contributed by atoms with E-state index < -0.39 is 23.9 Å². The molecule has 0 saturated carbocycles. The van der Waals surface area contributed by atoms with Crippen molar-refractivity contribution in [3.8, 4) is 11.5 Å². The fourth-order valence-electron chi connectivity index (χ4n) is 1.90. The van der Waals surface area contributed by atoms with Crippen LogP contribution in [0.1, 0.15) is 41.4 Å². The first-order chi connectivity index (χ1) is 13.1. The molecule has 10 nitrogen and oxygen atoms in total. The molecule has 0 radical (unpaired) electrons. The number of ether oxygens (including phenoxy) is 2. The Kier molecular flexibility index (Phi) is 10.3. The van der Waals surface area contributed by atoms with Crippen LogP contribution in [0.5, 0.6) is 11.5 Å². The van der Waals surface area contributed by atoms with Crippen LogP contribution in [-0.4, -0.2) is 58.5 Å². The molecule has 2 rings (SSSR count). The number of carbonyl (C=O) groups is 4. The van der Waals surface area contributed by atoms with E-state index in [1.54, 1.807) is 0 Å². The molecule has 0 aliphatic rings. The number of carboxylic acid groups (broad SMARTS) is 2. The predicted molar refractivity (Wildman–Crippen MR) is 92.8 cm³/mol. The molecule has 0 atom stereocenters. The van der Waals surface area contributed by atoms with Gasteiger partial charge in [0.15, 0.2) is 0 Å². The average Bonchev–Trinajstić information content (AvgIpc) is 2.67. The SMILES string of the molecule is COC(=O)c1ccc(O)c(C(=O)O)c1.COC(=O)c1ccc(O)c(C(=O)O)c1.[Zr]. The maximum absolute atomic E-state index is 11.0. The van der Waals surface area contributed by atoms with Gasteiger partial charge in [-0.25, -0.2) is 19.2 Å². The predicted octanol–water partition coefficient (Wildman–Crippen LogP) is 1.75. The van der Waals surface area contributed by atoms with Crippen LogP contribution < -0.4 is 0 Å². The number of aromatic hydroxyl groups is 2. The minimum absolute atomic E-state index is 0. The summed E-state index contributed by atoms with van der Waals surface area (Å²) in [7, 11) is 2.38. The smallest absolute Gasteiger partial charge is 0.339 e. The van der Waals surface area contributed by atoms with Crippen LogP contribution >= 0.6 is 0 Å². The van der Waals surface area contributed by atoms with Crippen molar-refractivity contribution in [2.75, 3.05) is 14.2 Å². The average molecular weight is 484 g/mol. The van der Waals surface area contributed by atoms with Crippen molar-refractivity contribution in [3.63, 3.8) is 0 Å². The third-order valence-electron chi connectivity index (χ3n) is 3.30. The number of aromatic carboxylic acids is 2. The summed E-state index contributed by atoms with van der Waals surface area (Å²) in [6.45, 7) is 0. The number of carbonyl (C=O) groups excluding carboxylic acids is 2. The van der Waals surface area contributed by atoms with Gasteiger partial charge in [-0.15, -0.1) is 0 Å². The Morgan fingerprint density at radius 2 is 1.00 bits per heavy atom. The van der Waals surface area contributed by atoms with Gasteiger partial charge >= 0.3 is 23.9 Å². The first-order valence-electron chi connectivity index (χ1n) is 7.41. The molecule has 29 heavy (non-hydrogen) atoms. The monoisotopic (exact) mass is 482 g/mol. The Hall–Kier alpha value is -3.20. The Balaban J connectivity index is 0.000000523. The van der Waals surface area contributed by atoms with Gasteiger partial charge in [-0.05, 0) is 36.4 Å². The van der Waals surface area contributed by atoms with Gasteiger partial charge in [0, 0.05) is 26.2 Å². The fourth-order valence-corrected chi connectivity index (χ4v) is 1.90. The molecule has 0 heterocycles. The molecule has 4 N–H and O–H groups in total. The van der Waals surface area contributed by atoms with Crippen LogP contribution in [-0.2, 0) is 35.7 Å². The summed E-state index contributed by atoms with van der Waals surface area (Å²) < 4.78 is 8.79. The fraction of sp³-hybridized carbons (Fsp3) is 0.111. The van der Waals surface area contributed by atoms with Crippen LogP contribution in [0.2, 0.25) is 0 Å². The molecule has 152 valence electrons. The molecule has 0 saturated heterocycles. The van der Waals surface area contributed by atoms with Gasteiger partial charge in [0.1, 0.15) is 22.6 Å². The van der Waals surface area contributed by atoms with Crippen molar-refractivity contribution in [1.82, 2.24) is 0 Å². The Labute approximate surface area is 183 Å². The molecule has 0 aromatic heterocycles. The number of hydrogen-bond donors (Lipinski definition) is 4. The summed E-state index contributed by atoms with van der Waals surface area (Å²) in [5, 5.41) is 35.5. The van der Waals surface area contributed by atoms with Crippen LogP contribution in [0.25, 0.3) is 0 Å². The Bertz CT molecular complexity index is 847. The normalized spacial score (nSPS) is 9.17. The zero-order chi connectivity index (χ0) is 21.4. The van der Waals surface area contributed by atoms with Crippen LogP contribution in [0.4, 0.5) is 0 Å². The van der Waals surface area contributed by atoms with E-state index in [0.717, 1.165) is 24.3 Å². The first kappa shape index (κ1) is 25.8. The summed E-state index contributed by atoms with van der Waals surface area (Å²) in [4.78, 5) is 43.2. The molecule has 0 fully saturated rings. The number of esters is 2. The van der Waals surface area contributed by atoms with Crippen molar-refractivity contribution in [3.05, 3.63) is 58.7 Å². The number of carboxylic acids is 2. The van der Waals surface area contributed by atoms with Crippen LogP contribution in [0, 0.1) is 0 Å². The molecular formula is C18H16O10Zr. The number of phenols is 2. The molecule has 0 spiro atoms. The summed E-state index contributed by atoms with van der Waals surface area (Å²) >= 11 is 0. The van der Waals surface area contributed by atoms with Crippen molar-refractivity contribution >= 4 is 23.9 Å². The number of hydrogen-bond acceptors (Lipinski definition) is 8. The number of rotatable bonds is 4. The second-order valence-corrected chi connectivity index (χ2v) is 5.06. The van der Waals surface area contributed by atoms with Crippen LogP contribution in [0.15, 0.2) is 36.4 Å². The van der Waals surface area contributed by atoms with Gasteiger partial charge in [-0.1, -0.05) is 0 Å². The topological polar surface area (TPSA) is 168 Å². The molecule has 2 aromatic rings. The minimum atomic E-state index is -1.30. The maximum atomic E-state index is 11.0. The summed E-state index contributed by atoms with van der Waals surface area (Å²) in [6, 6.07) is 6.96. The third kappa shape index (κ3) is 7.04. The van der Waals surface area contributed by atoms with E-state index in [4.69, 9.17) is 20.4 Å². The molecule has 0 aliphatic carbocycles. The van der Waals surface area contributed by atoms with E-state index in [1.807, 2.05) is 0 Å². The van der Waals surface area contributed by atoms with Crippen molar-refractivity contribution in [1.29, 1.82) is 0 Å². The molecule has 0 bridgehead atoms. The van der Waals surface area contributed by atoms with Gasteiger partial charge in [-0.2, -0.15) is 0 Å². The second kappa shape index (κ2) is 11.6. The van der Waals surface area contributed by atoms with Crippen molar-refractivity contribution < 1.29 is 75.3 Å². The first-order valence-corrected chi connectivity index (χ1v) is 7.41. The van der Waals surface area contributed by atoms with E-state index in [1.165, 1.54) is 26.4 Å². The van der Waals surface area contributed by atoms with E-state index in [-0.39, 0.29) is 60.0 Å². The standard InChI is InChI=1S/2C9H8O5.Zr/c2*1-14-9(13)5-2-3-7(10)6(4-5)8(11)12;/h2*2-4,10H,1H3,(H,11,12);. The van der Waals surface area contributed by atoms with Gasteiger partial charge in [0.05, 0.1) is 25.3 Å². The van der Waals surface area contributed by atoms with E-state index in [0.29, 0.717) is 0 Å². The largest absolute Gasteiger partial charge is 0.507 e. The van der Waals surface area contributed by atoms with Gasteiger partial charge in [0.25, 0.3) is 0 Å². The minimum Gasteiger partial charge on any atom is -0.507 e.